The summed E-state index contributed by atoms with van der Waals surface area (Å²) in [6.07, 6.45) is 1.33. The van der Waals surface area contributed by atoms with Gasteiger partial charge in [0.05, 0.1) is 29.2 Å². The number of aromatic nitrogens is 2. The predicted octanol–water partition coefficient (Wildman–Crippen LogP) is 9.05. The zero-order chi connectivity index (χ0) is 32.4. The molecule has 0 saturated carbocycles. The second kappa shape index (κ2) is 13.5. The molecule has 1 aromatic heterocycles. The van der Waals surface area contributed by atoms with Gasteiger partial charge in [-0.3, -0.25) is 14.9 Å². The van der Waals surface area contributed by atoms with Crippen molar-refractivity contribution in [2.45, 2.75) is 33.3 Å². The average Bonchev–Trinajstić information content (AvgIpc) is 3.00. The van der Waals surface area contributed by atoms with Crippen LogP contribution in [0.3, 0.4) is 0 Å². The van der Waals surface area contributed by atoms with E-state index in [2.05, 4.69) is 50.8 Å². The lowest BCUT2D eigenvalue weighted by Crippen LogP contribution is -2.21. The average molecular weight is 755 g/mol. The number of para-hydroxylation sites is 1. The van der Waals surface area contributed by atoms with Gasteiger partial charge in [-0.1, -0.05) is 75.5 Å². The van der Waals surface area contributed by atoms with Crippen LogP contribution in [0.5, 0.6) is 11.5 Å². The molecule has 0 aliphatic carbocycles. The van der Waals surface area contributed by atoms with Gasteiger partial charge in [-0.2, -0.15) is 9.78 Å². The number of aryl methyl sites for hydroxylation is 1. The van der Waals surface area contributed by atoms with Crippen molar-refractivity contribution in [1.29, 1.82) is 0 Å². The molecule has 4 aromatic carbocycles. The van der Waals surface area contributed by atoms with Crippen molar-refractivity contribution in [3.63, 3.8) is 0 Å². The van der Waals surface area contributed by atoms with E-state index < -0.39 is 10.5 Å². The van der Waals surface area contributed by atoms with Gasteiger partial charge >= 0.3 is 5.69 Å². The van der Waals surface area contributed by atoms with Crippen molar-refractivity contribution in [1.82, 2.24) is 9.66 Å². The Bertz CT molecular complexity index is 2050. The molecule has 9 nitrogen and oxygen atoms in total. The van der Waals surface area contributed by atoms with E-state index in [0.29, 0.717) is 22.3 Å². The highest BCUT2D eigenvalue weighted by molar-refractivity contribution is 9.11. The second-order valence-electron chi connectivity index (χ2n) is 10.5. The predicted molar refractivity (Wildman–Crippen MR) is 184 cm³/mol. The smallest absolute Gasteiger partial charge is 0.313 e. The number of ether oxygens (including phenoxy) is 2. The fourth-order valence-corrected chi connectivity index (χ4v) is 6.25. The van der Waals surface area contributed by atoms with Gasteiger partial charge in [0.2, 0.25) is 5.75 Å². The third-order valence-electron chi connectivity index (χ3n) is 7.15. The third kappa shape index (κ3) is 6.80. The molecule has 45 heavy (non-hydrogen) atoms. The maximum absolute atomic E-state index is 13.9. The first-order valence-corrected chi connectivity index (χ1v) is 15.7. The fraction of sp³-hybridized carbons (Fsp3) is 0.182. The van der Waals surface area contributed by atoms with Gasteiger partial charge in [-0.15, -0.1) is 0 Å². The van der Waals surface area contributed by atoms with Crippen molar-refractivity contribution in [2.75, 3.05) is 7.11 Å². The van der Waals surface area contributed by atoms with Crippen LogP contribution in [0.1, 0.15) is 42.0 Å². The van der Waals surface area contributed by atoms with Crippen LogP contribution in [0.15, 0.2) is 85.6 Å². The summed E-state index contributed by atoms with van der Waals surface area (Å²) in [7, 11) is 1.62. The van der Waals surface area contributed by atoms with E-state index in [1.54, 1.807) is 25.3 Å². The molecule has 0 bridgehead atoms. The van der Waals surface area contributed by atoms with Crippen LogP contribution in [-0.2, 0) is 6.61 Å². The first kappa shape index (κ1) is 32.3. The lowest BCUT2D eigenvalue weighted by molar-refractivity contribution is -0.385. The minimum atomic E-state index is -0.571. The lowest BCUT2D eigenvalue weighted by Gasteiger charge is -2.17. The zero-order valence-corrected chi connectivity index (χ0v) is 28.6. The molecule has 0 spiro atoms. The lowest BCUT2D eigenvalue weighted by atomic mass is 9.96. The molecule has 12 heteroatoms. The first-order valence-electron chi connectivity index (χ1n) is 13.8. The van der Waals surface area contributed by atoms with E-state index in [-0.39, 0.29) is 34.5 Å². The topological polar surface area (TPSA) is 109 Å². The van der Waals surface area contributed by atoms with E-state index >= 15 is 0 Å². The number of nitrogens with zero attached hydrogens (tertiary/aromatic N) is 4. The molecule has 5 aromatic rings. The number of rotatable bonds is 9. The zero-order valence-electron chi connectivity index (χ0n) is 24.7. The molecule has 230 valence electrons. The molecule has 0 aliphatic rings. The maximum atomic E-state index is 13.9. The van der Waals surface area contributed by atoms with Gasteiger partial charge < -0.3 is 9.47 Å². The molecule has 0 unspecified atom stereocenters. The largest absolute Gasteiger partial charge is 0.496 e. The van der Waals surface area contributed by atoms with Crippen LogP contribution in [0, 0.1) is 17.0 Å². The molecule has 0 amide bonds. The Morgan fingerprint density at radius 2 is 1.87 bits per heavy atom. The van der Waals surface area contributed by atoms with Crippen molar-refractivity contribution < 1.29 is 14.4 Å². The minimum Gasteiger partial charge on any atom is -0.496 e. The molecular formula is C33H27Br2ClN4O5. The molecule has 0 atom stereocenters. The summed E-state index contributed by atoms with van der Waals surface area (Å²) in [5, 5.41) is 17.1. The highest BCUT2D eigenvalue weighted by atomic mass is 79.9. The maximum Gasteiger partial charge on any atom is 0.313 e. The van der Waals surface area contributed by atoms with Gasteiger partial charge in [0, 0.05) is 36.7 Å². The monoisotopic (exact) mass is 752 g/mol. The third-order valence-corrected chi connectivity index (χ3v) is 8.60. The summed E-state index contributed by atoms with van der Waals surface area (Å²) in [6, 6.07) is 19.1. The standard InChI is InChI=1S/C33H27Br2ClN4O5/c1-18(2)25-15-26(19(3)11-30(25)44-4)32-38-28-8-6-5-7-24(28)33(41)39(32)37-16-21-12-23(36)14-29(40(42)43)31(21)45-17-20-9-10-22(34)13-27(20)35/h5-16,18H,17H2,1-4H3. The number of fused-ring (bicyclic) bond motifs is 1. The summed E-state index contributed by atoms with van der Waals surface area (Å²) >= 11 is 13.2. The number of nitro benzene ring substituents is 1. The fourth-order valence-electron chi connectivity index (χ4n) is 4.87. The number of halogens is 3. The molecule has 0 fully saturated rings. The normalized spacial score (nSPS) is 11.5. The SMILES string of the molecule is COc1cc(C)c(-c2nc3ccccc3c(=O)n2N=Cc2cc(Cl)cc([N+](=O)[O-])c2OCc2ccc(Br)cc2Br)cc1C(C)C. The first-order chi connectivity index (χ1) is 21.5. The van der Waals surface area contributed by atoms with E-state index in [9.17, 15) is 14.9 Å². The van der Waals surface area contributed by atoms with Crippen molar-refractivity contribution in [3.05, 3.63) is 123 Å². The number of benzene rings is 4. The van der Waals surface area contributed by atoms with Crippen LogP contribution >= 0.6 is 43.5 Å². The number of nitro groups is 1. The van der Waals surface area contributed by atoms with Crippen molar-refractivity contribution in [3.8, 4) is 22.9 Å². The summed E-state index contributed by atoms with van der Waals surface area (Å²) in [5.74, 6) is 1.11. The number of hydrogen-bond acceptors (Lipinski definition) is 7. The van der Waals surface area contributed by atoms with Gasteiger partial charge in [-0.25, -0.2) is 4.98 Å². The molecule has 0 saturated heterocycles. The molecular weight excluding hydrogens is 728 g/mol. The van der Waals surface area contributed by atoms with Gasteiger partial charge in [-0.05, 0) is 66.4 Å². The van der Waals surface area contributed by atoms with Crippen LogP contribution in [0.25, 0.3) is 22.3 Å². The Labute approximate surface area is 280 Å². The van der Waals surface area contributed by atoms with Gasteiger partial charge in [0.25, 0.3) is 5.56 Å². The Hall–Kier alpha value is -4.06. The van der Waals surface area contributed by atoms with Crippen LogP contribution in [-0.4, -0.2) is 27.9 Å². The second-order valence-corrected chi connectivity index (χ2v) is 12.7. The number of methoxy groups -OCH3 is 1. The minimum absolute atomic E-state index is 0.0168. The quantitative estimate of drug-likeness (QED) is 0.0844. The Balaban J connectivity index is 1.70. The van der Waals surface area contributed by atoms with E-state index in [4.69, 9.17) is 26.1 Å². The van der Waals surface area contributed by atoms with Gasteiger partial charge in [0.15, 0.2) is 5.82 Å². The van der Waals surface area contributed by atoms with E-state index in [1.807, 2.05) is 43.3 Å². The molecule has 0 N–H and O–H groups in total. The summed E-state index contributed by atoms with van der Waals surface area (Å²) < 4.78 is 14.5. The Morgan fingerprint density at radius 1 is 1.11 bits per heavy atom. The Kier molecular flexibility index (Phi) is 9.71. The molecule has 1 heterocycles. The summed E-state index contributed by atoms with van der Waals surface area (Å²) in [5.41, 5.74) is 3.18. The molecule has 0 radical (unpaired) electrons. The van der Waals surface area contributed by atoms with Crippen molar-refractivity contribution >= 4 is 66.3 Å². The highest BCUT2D eigenvalue weighted by Gasteiger charge is 2.22. The summed E-state index contributed by atoms with van der Waals surface area (Å²) in [6.45, 7) is 6.03. The van der Waals surface area contributed by atoms with Gasteiger partial charge in [0.1, 0.15) is 12.4 Å². The van der Waals surface area contributed by atoms with E-state index in [1.165, 1.54) is 23.0 Å². The van der Waals surface area contributed by atoms with E-state index in [0.717, 1.165) is 31.4 Å². The van der Waals surface area contributed by atoms with Crippen LogP contribution in [0.4, 0.5) is 5.69 Å². The highest BCUT2D eigenvalue weighted by Crippen LogP contribution is 2.36. The Morgan fingerprint density at radius 3 is 2.56 bits per heavy atom. The molecule has 5 rings (SSSR count). The van der Waals surface area contributed by atoms with Crippen LogP contribution < -0.4 is 15.0 Å². The van der Waals surface area contributed by atoms with Crippen LogP contribution in [0.2, 0.25) is 5.02 Å². The number of hydrogen-bond donors (Lipinski definition) is 0. The van der Waals surface area contributed by atoms with Crippen molar-refractivity contribution in [2.24, 2.45) is 5.10 Å². The summed E-state index contributed by atoms with van der Waals surface area (Å²) in [4.78, 5) is 30.3. The molecule has 0 aliphatic heterocycles.